The summed E-state index contributed by atoms with van der Waals surface area (Å²) in [6.07, 6.45) is 0. The second-order valence-electron chi connectivity index (χ2n) is 4.75. The van der Waals surface area contributed by atoms with Gasteiger partial charge in [0.1, 0.15) is 11.5 Å². The summed E-state index contributed by atoms with van der Waals surface area (Å²) in [5.41, 5.74) is 0. The molecular formula is C18H14O5. The molecule has 3 aromatic rings. The van der Waals surface area contributed by atoms with Crippen LogP contribution < -0.4 is 9.47 Å². The van der Waals surface area contributed by atoms with Gasteiger partial charge in [0.15, 0.2) is 11.5 Å². The lowest BCUT2D eigenvalue weighted by Crippen LogP contribution is -1.90. The van der Waals surface area contributed by atoms with E-state index in [1.807, 2.05) is 12.1 Å². The van der Waals surface area contributed by atoms with Gasteiger partial charge in [-0.3, -0.25) is 0 Å². The maximum atomic E-state index is 10.3. The summed E-state index contributed by atoms with van der Waals surface area (Å²) in [6.45, 7) is 0. The van der Waals surface area contributed by atoms with Crippen LogP contribution in [0, 0.1) is 0 Å². The van der Waals surface area contributed by atoms with Gasteiger partial charge in [0.2, 0.25) is 17.2 Å². The van der Waals surface area contributed by atoms with Crippen molar-refractivity contribution < 1.29 is 24.8 Å². The first-order chi connectivity index (χ1) is 11.1. The summed E-state index contributed by atoms with van der Waals surface area (Å²) in [7, 11) is 0. The fourth-order valence-electron chi connectivity index (χ4n) is 2.02. The average Bonchev–Trinajstić information content (AvgIpc) is 2.57. The van der Waals surface area contributed by atoms with Crippen molar-refractivity contribution in [1.29, 1.82) is 0 Å². The minimum atomic E-state index is -0.491. The van der Waals surface area contributed by atoms with Gasteiger partial charge in [-0.15, -0.1) is 0 Å². The zero-order chi connectivity index (χ0) is 16.2. The topological polar surface area (TPSA) is 79.2 Å². The van der Waals surface area contributed by atoms with Crippen LogP contribution >= 0.6 is 0 Å². The summed E-state index contributed by atoms with van der Waals surface area (Å²) < 4.78 is 11.0. The van der Waals surface area contributed by atoms with E-state index in [1.54, 1.807) is 48.5 Å². The number of aromatic hydroxyl groups is 3. The van der Waals surface area contributed by atoms with Crippen molar-refractivity contribution in [2.75, 3.05) is 0 Å². The highest BCUT2D eigenvalue weighted by Gasteiger charge is 2.21. The molecule has 0 aliphatic carbocycles. The molecule has 0 aliphatic rings. The first-order valence-corrected chi connectivity index (χ1v) is 6.89. The molecule has 0 fully saturated rings. The van der Waals surface area contributed by atoms with Crippen molar-refractivity contribution in [1.82, 2.24) is 0 Å². The highest BCUT2D eigenvalue weighted by molar-refractivity contribution is 5.65. The third-order valence-corrected chi connectivity index (χ3v) is 3.10. The van der Waals surface area contributed by atoms with E-state index in [2.05, 4.69) is 0 Å². The molecule has 3 rings (SSSR count). The van der Waals surface area contributed by atoms with Gasteiger partial charge in [0, 0.05) is 6.07 Å². The predicted octanol–water partition coefficient (Wildman–Crippen LogP) is 4.39. The Kier molecular flexibility index (Phi) is 3.93. The van der Waals surface area contributed by atoms with E-state index < -0.39 is 17.2 Å². The quantitative estimate of drug-likeness (QED) is 0.666. The van der Waals surface area contributed by atoms with Crippen molar-refractivity contribution in [3.05, 3.63) is 66.7 Å². The van der Waals surface area contributed by atoms with Gasteiger partial charge < -0.3 is 24.8 Å². The monoisotopic (exact) mass is 310 g/mol. The summed E-state index contributed by atoms with van der Waals surface area (Å²) >= 11 is 0. The van der Waals surface area contributed by atoms with Gasteiger partial charge in [-0.05, 0) is 24.3 Å². The Bertz CT molecular complexity index is 735. The molecule has 0 spiro atoms. The number of phenolic OH excluding ortho intramolecular Hbond substituents is 3. The van der Waals surface area contributed by atoms with Crippen LogP contribution in [0.1, 0.15) is 0 Å². The molecule has 0 atom stereocenters. The molecule has 5 heteroatoms. The first kappa shape index (κ1) is 14.6. The van der Waals surface area contributed by atoms with E-state index in [4.69, 9.17) is 9.47 Å². The molecule has 0 heterocycles. The van der Waals surface area contributed by atoms with Crippen LogP contribution in [0.25, 0.3) is 0 Å². The van der Waals surface area contributed by atoms with Crippen molar-refractivity contribution in [2.45, 2.75) is 0 Å². The van der Waals surface area contributed by atoms with Crippen LogP contribution in [0.15, 0.2) is 66.7 Å². The fourth-order valence-corrected chi connectivity index (χ4v) is 2.02. The molecule has 116 valence electrons. The molecule has 0 bridgehead atoms. The van der Waals surface area contributed by atoms with Crippen molar-refractivity contribution >= 4 is 0 Å². The largest absolute Gasteiger partial charge is 0.504 e. The molecule has 23 heavy (non-hydrogen) atoms. The summed E-state index contributed by atoms with van der Waals surface area (Å²) in [4.78, 5) is 0. The second-order valence-corrected chi connectivity index (χ2v) is 4.75. The van der Waals surface area contributed by atoms with E-state index in [9.17, 15) is 15.3 Å². The normalized spacial score (nSPS) is 10.3. The third kappa shape index (κ3) is 3.13. The van der Waals surface area contributed by atoms with Crippen molar-refractivity contribution in [3.8, 4) is 40.2 Å². The number of hydrogen-bond donors (Lipinski definition) is 3. The molecule has 0 saturated heterocycles. The maximum absolute atomic E-state index is 10.3. The van der Waals surface area contributed by atoms with Crippen molar-refractivity contribution in [3.63, 3.8) is 0 Å². The summed E-state index contributed by atoms with van der Waals surface area (Å²) in [5, 5.41) is 30.2. The summed E-state index contributed by atoms with van der Waals surface area (Å²) in [6, 6.07) is 18.4. The van der Waals surface area contributed by atoms with Crippen LogP contribution in [0.5, 0.6) is 40.2 Å². The Balaban J connectivity index is 1.99. The van der Waals surface area contributed by atoms with Gasteiger partial charge in [-0.2, -0.15) is 0 Å². The highest BCUT2D eigenvalue weighted by atomic mass is 16.5. The molecule has 0 unspecified atom stereocenters. The van der Waals surface area contributed by atoms with Gasteiger partial charge in [-0.25, -0.2) is 0 Å². The molecule has 0 aliphatic heterocycles. The predicted molar refractivity (Wildman–Crippen MR) is 84.5 cm³/mol. The standard InChI is InChI=1S/C18H14O5/c19-14-11-15(20)18(23-13-9-5-2-6-10-13)16(21)17(14)22-12-7-3-1-4-8-12/h1-11,19-21H. The Morgan fingerprint density at radius 2 is 0.957 bits per heavy atom. The Morgan fingerprint density at radius 3 is 1.35 bits per heavy atom. The van der Waals surface area contributed by atoms with Gasteiger partial charge in [-0.1, -0.05) is 36.4 Å². The minimum absolute atomic E-state index is 0.195. The Morgan fingerprint density at radius 1 is 0.565 bits per heavy atom. The zero-order valence-electron chi connectivity index (χ0n) is 12.0. The van der Waals surface area contributed by atoms with Crippen molar-refractivity contribution in [2.24, 2.45) is 0 Å². The van der Waals surface area contributed by atoms with Gasteiger partial charge >= 0.3 is 0 Å². The van der Waals surface area contributed by atoms with E-state index in [1.165, 1.54) is 0 Å². The SMILES string of the molecule is Oc1cc(O)c(Oc2ccccc2)c(O)c1Oc1ccccc1. The maximum Gasteiger partial charge on any atom is 0.214 e. The van der Waals surface area contributed by atoms with E-state index in [0.29, 0.717) is 11.5 Å². The summed E-state index contributed by atoms with van der Waals surface area (Å²) in [5.74, 6) is -0.826. The highest BCUT2D eigenvalue weighted by Crippen LogP contribution is 2.51. The number of phenols is 3. The number of rotatable bonds is 4. The molecule has 0 aromatic heterocycles. The Hall–Kier alpha value is -3.34. The van der Waals surface area contributed by atoms with Crippen LogP contribution in [-0.4, -0.2) is 15.3 Å². The van der Waals surface area contributed by atoms with E-state index >= 15 is 0 Å². The number of para-hydroxylation sites is 2. The number of hydrogen-bond acceptors (Lipinski definition) is 5. The first-order valence-electron chi connectivity index (χ1n) is 6.89. The van der Waals surface area contributed by atoms with E-state index in [0.717, 1.165) is 6.07 Å². The number of benzene rings is 3. The lowest BCUT2D eigenvalue weighted by molar-refractivity contribution is 0.338. The van der Waals surface area contributed by atoms with Crippen LogP contribution in [-0.2, 0) is 0 Å². The van der Waals surface area contributed by atoms with Gasteiger partial charge in [0.05, 0.1) is 0 Å². The molecule has 3 aromatic carbocycles. The lowest BCUT2D eigenvalue weighted by atomic mass is 10.2. The van der Waals surface area contributed by atoms with E-state index in [-0.39, 0.29) is 11.5 Å². The molecule has 0 radical (unpaired) electrons. The average molecular weight is 310 g/mol. The van der Waals surface area contributed by atoms with Gasteiger partial charge in [0.25, 0.3) is 0 Å². The molecule has 5 nitrogen and oxygen atoms in total. The molecular weight excluding hydrogens is 296 g/mol. The smallest absolute Gasteiger partial charge is 0.214 e. The zero-order valence-corrected chi connectivity index (χ0v) is 12.0. The van der Waals surface area contributed by atoms with Crippen LogP contribution in [0.4, 0.5) is 0 Å². The molecule has 0 amide bonds. The molecule has 0 saturated carbocycles. The van der Waals surface area contributed by atoms with Crippen LogP contribution in [0.3, 0.4) is 0 Å². The fraction of sp³-hybridized carbons (Fsp3) is 0. The minimum Gasteiger partial charge on any atom is -0.504 e. The van der Waals surface area contributed by atoms with Crippen LogP contribution in [0.2, 0.25) is 0 Å². The second kappa shape index (κ2) is 6.19. The Labute approximate surface area is 132 Å². The molecule has 3 N–H and O–H groups in total. The number of ether oxygens (including phenoxy) is 2. The third-order valence-electron chi connectivity index (χ3n) is 3.10. The lowest BCUT2D eigenvalue weighted by Gasteiger charge is -2.14.